The molecule has 4 nitrogen and oxygen atoms in total. The molecule has 1 aliphatic heterocycles. The summed E-state index contributed by atoms with van der Waals surface area (Å²) in [5, 5.41) is 0. The van der Waals surface area contributed by atoms with Crippen molar-refractivity contribution in [2.24, 2.45) is 23.2 Å². The van der Waals surface area contributed by atoms with Crippen LogP contribution in [0.1, 0.15) is 61.7 Å². The van der Waals surface area contributed by atoms with Crippen LogP contribution in [-0.4, -0.2) is 47.8 Å². The summed E-state index contributed by atoms with van der Waals surface area (Å²) in [7, 11) is 0. The highest BCUT2D eigenvalue weighted by molar-refractivity contribution is 7.80. The average molecular weight is 413 g/mol. The van der Waals surface area contributed by atoms with E-state index in [-0.39, 0.29) is 5.91 Å². The van der Waals surface area contributed by atoms with Gasteiger partial charge in [0.25, 0.3) is 5.91 Å². The first-order valence-electron chi connectivity index (χ1n) is 11.4. The Balaban J connectivity index is 1.21. The van der Waals surface area contributed by atoms with Gasteiger partial charge in [0.2, 0.25) is 5.91 Å². The highest BCUT2D eigenvalue weighted by Gasteiger charge is 2.51. The Labute approximate surface area is 179 Å². The van der Waals surface area contributed by atoms with Gasteiger partial charge >= 0.3 is 0 Å². The van der Waals surface area contributed by atoms with E-state index in [9.17, 15) is 9.59 Å². The van der Waals surface area contributed by atoms with Crippen LogP contribution >= 0.6 is 12.6 Å². The molecule has 1 heterocycles. The summed E-state index contributed by atoms with van der Waals surface area (Å²) in [6.07, 6.45) is 9.69. The molecule has 5 fully saturated rings. The minimum atomic E-state index is 0.0333. The van der Waals surface area contributed by atoms with Crippen molar-refractivity contribution in [1.29, 1.82) is 0 Å². The van der Waals surface area contributed by atoms with Gasteiger partial charge in [-0.3, -0.25) is 9.59 Å². The second kappa shape index (κ2) is 7.64. The first-order valence-corrected chi connectivity index (χ1v) is 11.8. The quantitative estimate of drug-likeness (QED) is 0.754. The summed E-state index contributed by atoms with van der Waals surface area (Å²) < 4.78 is 0. The topological polar surface area (TPSA) is 40.6 Å². The number of nitrogens with zero attached hydrogens (tertiary/aromatic N) is 2. The first-order chi connectivity index (χ1) is 14.0. The number of rotatable bonds is 3. The smallest absolute Gasteiger partial charge is 0.255 e. The number of hydrogen-bond acceptors (Lipinski definition) is 3. The van der Waals surface area contributed by atoms with Crippen LogP contribution in [0.15, 0.2) is 29.2 Å². The fourth-order valence-corrected chi connectivity index (χ4v) is 7.39. The molecule has 0 radical (unpaired) electrons. The predicted octanol–water partition coefficient (Wildman–Crippen LogP) is 4.26. The third-order valence-corrected chi connectivity index (χ3v) is 8.35. The summed E-state index contributed by atoms with van der Waals surface area (Å²) in [5.74, 6) is 3.01. The van der Waals surface area contributed by atoms with Crippen molar-refractivity contribution in [2.45, 2.75) is 56.3 Å². The van der Waals surface area contributed by atoms with E-state index in [1.54, 1.807) is 0 Å². The van der Waals surface area contributed by atoms with Crippen LogP contribution in [0.2, 0.25) is 0 Å². The standard InChI is InChI=1S/C24H32N2O2S/c27-22(16-24-13-17-10-18(14-24)12-19(11-17)15-24)25-6-3-7-26(9-8-25)23(28)20-4-1-2-5-21(20)29/h1-2,4-5,17-19,29H,3,6-16H2. The lowest BCUT2D eigenvalue weighted by molar-refractivity contribution is -0.139. The van der Waals surface area contributed by atoms with Gasteiger partial charge in [0, 0.05) is 37.5 Å². The number of amides is 2. The van der Waals surface area contributed by atoms with Crippen LogP contribution in [0.3, 0.4) is 0 Å². The van der Waals surface area contributed by atoms with Gasteiger partial charge in [-0.25, -0.2) is 0 Å². The van der Waals surface area contributed by atoms with Gasteiger partial charge in [-0.1, -0.05) is 12.1 Å². The van der Waals surface area contributed by atoms with Crippen molar-refractivity contribution in [3.05, 3.63) is 29.8 Å². The van der Waals surface area contributed by atoms with Crippen LogP contribution in [0, 0.1) is 23.2 Å². The minimum absolute atomic E-state index is 0.0333. The molecular weight excluding hydrogens is 380 g/mol. The molecule has 1 aromatic rings. The summed E-state index contributed by atoms with van der Waals surface area (Å²) >= 11 is 4.44. The van der Waals surface area contributed by atoms with Crippen LogP contribution in [0.25, 0.3) is 0 Å². The van der Waals surface area contributed by atoms with E-state index in [2.05, 4.69) is 12.6 Å². The number of hydrogen-bond donors (Lipinski definition) is 1. The van der Waals surface area contributed by atoms with Gasteiger partial charge in [0.1, 0.15) is 0 Å². The van der Waals surface area contributed by atoms with E-state index >= 15 is 0 Å². The molecule has 6 rings (SSSR count). The maximum atomic E-state index is 13.2. The first kappa shape index (κ1) is 19.5. The zero-order chi connectivity index (χ0) is 20.0. The molecule has 2 amide bonds. The van der Waals surface area contributed by atoms with Crippen molar-refractivity contribution in [1.82, 2.24) is 9.80 Å². The predicted molar refractivity (Wildman–Crippen MR) is 116 cm³/mol. The number of thiol groups is 1. The molecule has 0 aromatic heterocycles. The molecule has 0 N–H and O–H groups in total. The second-order valence-corrected chi connectivity index (χ2v) is 10.6. The normalized spacial score (nSPS) is 33.6. The highest BCUT2D eigenvalue weighted by atomic mass is 32.1. The molecule has 4 bridgehead atoms. The van der Waals surface area contributed by atoms with Gasteiger partial charge in [-0.15, -0.1) is 12.6 Å². The molecule has 156 valence electrons. The summed E-state index contributed by atoms with van der Waals surface area (Å²) in [4.78, 5) is 30.8. The Morgan fingerprint density at radius 3 is 2.14 bits per heavy atom. The number of benzene rings is 1. The molecule has 29 heavy (non-hydrogen) atoms. The van der Waals surface area contributed by atoms with Crippen LogP contribution in [-0.2, 0) is 4.79 Å². The van der Waals surface area contributed by atoms with Crippen molar-refractivity contribution in [3.63, 3.8) is 0 Å². The molecule has 0 atom stereocenters. The maximum absolute atomic E-state index is 13.2. The second-order valence-electron chi connectivity index (χ2n) is 10.1. The monoisotopic (exact) mass is 412 g/mol. The SMILES string of the molecule is O=C(CC12CC3CC(CC(C3)C1)C2)N1CCCN(C(=O)c2ccccc2S)CC1. The van der Waals surface area contributed by atoms with Crippen molar-refractivity contribution in [2.75, 3.05) is 26.2 Å². The van der Waals surface area contributed by atoms with E-state index in [1.807, 2.05) is 34.1 Å². The molecule has 1 saturated heterocycles. The molecule has 4 saturated carbocycles. The Morgan fingerprint density at radius 1 is 0.897 bits per heavy atom. The molecule has 5 aliphatic rings. The summed E-state index contributed by atoms with van der Waals surface area (Å²) in [6.45, 7) is 2.76. The zero-order valence-electron chi connectivity index (χ0n) is 17.2. The van der Waals surface area contributed by atoms with Gasteiger partial charge in [-0.05, 0) is 80.2 Å². The van der Waals surface area contributed by atoms with E-state index in [0.29, 0.717) is 36.5 Å². The Morgan fingerprint density at radius 2 is 1.48 bits per heavy atom. The highest BCUT2D eigenvalue weighted by Crippen LogP contribution is 2.61. The summed E-state index contributed by atoms with van der Waals surface area (Å²) in [5.41, 5.74) is 0.947. The number of carbonyl (C=O) groups is 2. The molecular formula is C24H32N2O2S. The van der Waals surface area contributed by atoms with Crippen LogP contribution < -0.4 is 0 Å². The molecule has 4 aliphatic carbocycles. The van der Waals surface area contributed by atoms with Gasteiger partial charge < -0.3 is 9.80 Å². The van der Waals surface area contributed by atoms with Gasteiger partial charge in [-0.2, -0.15) is 0 Å². The Hall–Kier alpha value is -1.49. The van der Waals surface area contributed by atoms with Crippen molar-refractivity contribution >= 4 is 24.4 Å². The lowest BCUT2D eigenvalue weighted by atomic mass is 9.49. The third-order valence-electron chi connectivity index (χ3n) is 7.96. The van der Waals surface area contributed by atoms with Crippen molar-refractivity contribution < 1.29 is 9.59 Å². The zero-order valence-corrected chi connectivity index (χ0v) is 18.1. The van der Waals surface area contributed by atoms with E-state index in [0.717, 1.165) is 42.0 Å². The lowest BCUT2D eigenvalue weighted by Crippen LogP contribution is -2.48. The fourth-order valence-electron chi connectivity index (χ4n) is 7.13. The minimum Gasteiger partial charge on any atom is -0.341 e. The summed E-state index contributed by atoms with van der Waals surface area (Å²) in [6, 6.07) is 7.47. The Bertz CT molecular complexity index is 773. The van der Waals surface area contributed by atoms with Crippen LogP contribution in [0.4, 0.5) is 0 Å². The van der Waals surface area contributed by atoms with E-state index in [1.165, 1.54) is 38.5 Å². The maximum Gasteiger partial charge on any atom is 0.255 e. The van der Waals surface area contributed by atoms with E-state index < -0.39 is 0 Å². The third kappa shape index (κ3) is 3.83. The Kier molecular flexibility index (Phi) is 5.13. The largest absolute Gasteiger partial charge is 0.341 e. The number of carbonyl (C=O) groups excluding carboxylic acids is 2. The molecule has 0 unspecified atom stereocenters. The molecule has 5 heteroatoms. The average Bonchev–Trinajstić information content (AvgIpc) is 2.93. The molecule has 0 spiro atoms. The van der Waals surface area contributed by atoms with Gasteiger partial charge in [0.15, 0.2) is 0 Å². The van der Waals surface area contributed by atoms with Crippen LogP contribution in [0.5, 0.6) is 0 Å². The van der Waals surface area contributed by atoms with E-state index in [4.69, 9.17) is 0 Å². The lowest BCUT2D eigenvalue weighted by Gasteiger charge is -2.57. The fraction of sp³-hybridized carbons (Fsp3) is 0.667. The molecule has 1 aromatic carbocycles. The van der Waals surface area contributed by atoms with Gasteiger partial charge in [0.05, 0.1) is 5.56 Å². The van der Waals surface area contributed by atoms with Crippen molar-refractivity contribution in [3.8, 4) is 0 Å².